The molecular formula is C26H33N5O2S. The molecule has 0 spiro atoms. The number of aryl methyl sites for hydroxylation is 2. The van der Waals surface area contributed by atoms with Crippen molar-refractivity contribution >= 4 is 29.3 Å². The van der Waals surface area contributed by atoms with Crippen LogP contribution in [0.3, 0.4) is 0 Å². The van der Waals surface area contributed by atoms with Crippen LogP contribution in [0.15, 0.2) is 47.6 Å². The first-order valence-electron chi connectivity index (χ1n) is 11.4. The summed E-state index contributed by atoms with van der Waals surface area (Å²) in [6.07, 6.45) is 0. The molecule has 34 heavy (non-hydrogen) atoms. The standard InChI is InChI=1S/C26H33N5O2S/c1-7-31-24(19-11-13-20(14-12-19)26(4,5)6)29-30-25(31)34-16-22(33)27-15-21(32)28-23-17(2)9-8-10-18(23)3/h8-14H,7,15-16H2,1-6H3,(H,27,33)(H,28,32). The summed E-state index contributed by atoms with van der Waals surface area (Å²) in [5, 5.41) is 14.9. The number of anilines is 1. The third kappa shape index (κ3) is 6.26. The fraction of sp³-hybridized carbons (Fsp3) is 0.385. The molecule has 3 aromatic rings. The average Bonchev–Trinajstić information content (AvgIpc) is 3.21. The van der Waals surface area contributed by atoms with Gasteiger partial charge in [0.25, 0.3) is 0 Å². The summed E-state index contributed by atoms with van der Waals surface area (Å²) in [6.45, 7) is 13.1. The molecule has 180 valence electrons. The Morgan fingerprint density at radius 3 is 2.21 bits per heavy atom. The van der Waals surface area contributed by atoms with Crippen LogP contribution in [0.4, 0.5) is 5.69 Å². The first-order valence-corrected chi connectivity index (χ1v) is 12.4. The van der Waals surface area contributed by atoms with E-state index < -0.39 is 0 Å². The molecule has 0 saturated carbocycles. The van der Waals surface area contributed by atoms with E-state index in [-0.39, 0.29) is 29.5 Å². The van der Waals surface area contributed by atoms with Crippen molar-refractivity contribution in [3.63, 3.8) is 0 Å². The SMILES string of the molecule is CCn1c(SCC(=O)NCC(=O)Nc2c(C)cccc2C)nnc1-c1ccc(C(C)(C)C)cc1. The minimum Gasteiger partial charge on any atom is -0.346 e. The predicted molar refractivity (Wildman–Crippen MR) is 138 cm³/mol. The van der Waals surface area contributed by atoms with Crippen molar-refractivity contribution in [1.29, 1.82) is 0 Å². The molecule has 8 heteroatoms. The summed E-state index contributed by atoms with van der Waals surface area (Å²) in [7, 11) is 0. The van der Waals surface area contributed by atoms with Crippen molar-refractivity contribution < 1.29 is 9.59 Å². The van der Waals surface area contributed by atoms with Crippen LogP contribution in [0.5, 0.6) is 0 Å². The first kappa shape index (κ1) is 25.5. The molecule has 2 amide bonds. The summed E-state index contributed by atoms with van der Waals surface area (Å²) in [5.41, 5.74) is 5.08. The minimum atomic E-state index is -0.256. The number of para-hydroxylation sites is 1. The molecule has 1 aromatic heterocycles. The highest BCUT2D eigenvalue weighted by atomic mass is 32.2. The van der Waals surface area contributed by atoms with Crippen molar-refractivity contribution in [3.05, 3.63) is 59.2 Å². The van der Waals surface area contributed by atoms with E-state index in [2.05, 4.69) is 65.9 Å². The van der Waals surface area contributed by atoms with Crippen LogP contribution in [-0.4, -0.2) is 38.9 Å². The Hall–Kier alpha value is -3.13. The average molecular weight is 480 g/mol. The number of hydrogen-bond acceptors (Lipinski definition) is 5. The number of carbonyl (C=O) groups is 2. The fourth-order valence-corrected chi connectivity index (χ4v) is 4.40. The number of rotatable bonds is 8. The Morgan fingerprint density at radius 2 is 1.62 bits per heavy atom. The topological polar surface area (TPSA) is 88.9 Å². The van der Waals surface area contributed by atoms with E-state index in [1.165, 1.54) is 17.3 Å². The van der Waals surface area contributed by atoms with Gasteiger partial charge in [0.05, 0.1) is 12.3 Å². The molecule has 0 saturated heterocycles. The van der Waals surface area contributed by atoms with Gasteiger partial charge in [0, 0.05) is 17.8 Å². The van der Waals surface area contributed by atoms with Crippen LogP contribution >= 0.6 is 11.8 Å². The molecule has 0 radical (unpaired) electrons. The highest BCUT2D eigenvalue weighted by Gasteiger charge is 2.17. The summed E-state index contributed by atoms with van der Waals surface area (Å²) in [5.74, 6) is 0.438. The maximum absolute atomic E-state index is 12.3. The van der Waals surface area contributed by atoms with Gasteiger partial charge in [0.2, 0.25) is 11.8 Å². The lowest BCUT2D eigenvalue weighted by atomic mass is 9.87. The quantitative estimate of drug-likeness (QED) is 0.456. The number of nitrogens with zero attached hydrogens (tertiary/aromatic N) is 3. The van der Waals surface area contributed by atoms with Crippen molar-refractivity contribution in [2.75, 3.05) is 17.6 Å². The number of aromatic nitrogens is 3. The molecule has 0 atom stereocenters. The second-order valence-electron chi connectivity index (χ2n) is 9.26. The van der Waals surface area contributed by atoms with Crippen molar-refractivity contribution in [2.24, 2.45) is 0 Å². The maximum atomic E-state index is 12.3. The molecule has 1 heterocycles. The van der Waals surface area contributed by atoms with Gasteiger partial charge in [0.1, 0.15) is 0 Å². The third-order valence-electron chi connectivity index (χ3n) is 5.57. The smallest absolute Gasteiger partial charge is 0.243 e. The lowest BCUT2D eigenvalue weighted by Crippen LogP contribution is -2.34. The van der Waals surface area contributed by atoms with Crippen LogP contribution in [0, 0.1) is 13.8 Å². The maximum Gasteiger partial charge on any atom is 0.243 e. The summed E-state index contributed by atoms with van der Waals surface area (Å²) in [4.78, 5) is 24.6. The summed E-state index contributed by atoms with van der Waals surface area (Å²) >= 11 is 1.31. The van der Waals surface area contributed by atoms with Gasteiger partial charge in [0.15, 0.2) is 11.0 Å². The molecule has 0 aliphatic heterocycles. The monoisotopic (exact) mass is 479 g/mol. The van der Waals surface area contributed by atoms with E-state index in [4.69, 9.17) is 0 Å². The molecule has 0 aliphatic carbocycles. The lowest BCUT2D eigenvalue weighted by molar-refractivity contribution is -0.122. The molecule has 2 N–H and O–H groups in total. The molecule has 0 unspecified atom stereocenters. The molecule has 0 bridgehead atoms. The second-order valence-corrected chi connectivity index (χ2v) is 10.2. The summed E-state index contributed by atoms with van der Waals surface area (Å²) < 4.78 is 2.00. The van der Waals surface area contributed by atoms with Crippen molar-refractivity contribution in [1.82, 2.24) is 20.1 Å². The number of hydrogen-bond donors (Lipinski definition) is 2. The molecule has 3 rings (SSSR count). The number of thioether (sulfide) groups is 1. The van der Waals surface area contributed by atoms with Gasteiger partial charge in [-0.05, 0) is 42.9 Å². The molecule has 7 nitrogen and oxygen atoms in total. The lowest BCUT2D eigenvalue weighted by Gasteiger charge is -2.19. The Balaban J connectivity index is 1.57. The minimum absolute atomic E-state index is 0.0843. The van der Waals surface area contributed by atoms with Crippen molar-refractivity contribution in [3.8, 4) is 11.4 Å². The van der Waals surface area contributed by atoms with Gasteiger partial charge in [-0.25, -0.2) is 0 Å². The van der Waals surface area contributed by atoms with Gasteiger partial charge in [-0.15, -0.1) is 10.2 Å². The molecule has 0 aliphatic rings. The number of carbonyl (C=O) groups excluding carboxylic acids is 2. The number of amides is 2. The van der Waals surface area contributed by atoms with Gasteiger partial charge < -0.3 is 15.2 Å². The highest BCUT2D eigenvalue weighted by Crippen LogP contribution is 2.27. The Morgan fingerprint density at radius 1 is 0.971 bits per heavy atom. The van der Waals surface area contributed by atoms with Gasteiger partial charge in [-0.3, -0.25) is 9.59 Å². The molecular weight excluding hydrogens is 446 g/mol. The van der Waals surface area contributed by atoms with Crippen LogP contribution in [0.1, 0.15) is 44.4 Å². The zero-order chi connectivity index (χ0) is 24.9. The number of nitrogens with one attached hydrogen (secondary N) is 2. The van der Waals surface area contributed by atoms with Crippen LogP contribution in [0.25, 0.3) is 11.4 Å². The number of benzene rings is 2. The predicted octanol–water partition coefficient (Wildman–Crippen LogP) is 4.73. The second kappa shape index (κ2) is 10.9. The first-order chi connectivity index (χ1) is 16.1. The van der Waals surface area contributed by atoms with E-state index in [1.54, 1.807) is 0 Å². The zero-order valence-corrected chi connectivity index (χ0v) is 21.5. The normalized spacial score (nSPS) is 11.4. The van der Waals surface area contributed by atoms with E-state index in [0.717, 1.165) is 28.2 Å². The van der Waals surface area contributed by atoms with Gasteiger partial charge in [-0.2, -0.15) is 0 Å². The van der Waals surface area contributed by atoms with Crippen LogP contribution in [-0.2, 0) is 21.5 Å². The Kier molecular flexibility index (Phi) is 8.15. The van der Waals surface area contributed by atoms with E-state index in [1.807, 2.05) is 43.5 Å². The molecule has 2 aromatic carbocycles. The molecule has 0 fully saturated rings. The Labute approximate surface area is 205 Å². The zero-order valence-electron chi connectivity index (χ0n) is 20.7. The van der Waals surface area contributed by atoms with E-state index >= 15 is 0 Å². The van der Waals surface area contributed by atoms with Crippen LogP contribution < -0.4 is 10.6 Å². The van der Waals surface area contributed by atoms with Crippen molar-refractivity contribution in [2.45, 2.75) is 58.7 Å². The fourth-order valence-electron chi connectivity index (χ4n) is 3.57. The summed E-state index contributed by atoms with van der Waals surface area (Å²) in [6, 6.07) is 14.2. The largest absolute Gasteiger partial charge is 0.346 e. The third-order valence-corrected chi connectivity index (χ3v) is 6.53. The van der Waals surface area contributed by atoms with Gasteiger partial charge in [-0.1, -0.05) is 75.0 Å². The van der Waals surface area contributed by atoms with Crippen LogP contribution in [0.2, 0.25) is 0 Å². The van der Waals surface area contributed by atoms with E-state index in [0.29, 0.717) is 11.7 Å². The highest BCUT2D eigenvalue weighted by molar-refractivity contribution is 7.99. The Bertz CT molecular complexity index is 1140. The van der Waals surface area contributed by atoms with E-state index in [9.17, 15) is 9.59 Å². The van der Waals surface area contributed by atoms with Gasteiger partial charge >= 0.3 is 0 Å².